The highest BCUT2D eigenvalue weighted by Crippen LogP contribution is 2.20. The van der Waals surface area contributed by atoms with Gasteiger partial charge in [-0.3, -0.25) is 4.79 Å². The molecule has 17 heavy (non-hydrogen) atoms. The van der Waals surface area contributed by atoms with Crippen LogP contribution in [0.15, 0.2) is 0 Å². The van der Waals surface area contributed by atoms with Crippen molar-refractivity contribution in [3.8, 4) is 0 Å². The van der Waals surface area contributed by atoms with Gasteiger partial charge in [-0.15, -0.1) is 0 Å². The maximum atomic E-state index is 12.3. The van der Waals surface area contributed by atoms with Crippen molar-refractivity contribution >= 4 is 5.91 Å². The quantitative estimate of drug-likeness (QED) is 0.637. The van der Waals surface area contributed by atoms with E-state index in [9.17, 15) is 4.79 Å². The molecule has 3 saturated heterocycles. The summed E-state index contributed by atoms with van der Waals surface area (Å²) in [7, 11) is 0. The lowest BCUT2D eigenvalue weighted by molar-refractivity contribution is -0.136. The van der Waals surface area contributed by atoms with Crippen molar-refractivity contribution in [2.45, 2.75) is 37.4 Å². The van der Waals surface area contributed by atoms with Crippen molar-refractivity contribution in [1.82, 2.24) is 15.5 Å². The molecule has 3 aliphatic heterocycles. The number of likely N-dealkylation sites (tertiary alicyclic amines) is 1. The van der Waals surface area contributed by atoms with Gasteiger partial charge < -0.3 is 20.3 Å². The van der Waals surface area contributed by atoms with Crippen LogP contribution >= 0.6 is 0 Å². The largest absolute Gasteiger partial charge is 0.378 e. The molecule has 3 fully saturated rings. The Labute approximate surface area is 102 Å². The highest BCUT2D eigenvalue weighted by Gasteiger charge is 2.33. The van der Waals surface area contributed by atoms with Crippen LogP contribution in [-0.2, 0) is 9.53 Å². The fraction of sp³-hybridized carbons (Fsp3) is 0.917. The third kappa shape index (κ3) is 2.46. The summed E-state index contributed by atoms with van der Waals surface area (Å²) in [6, 6.07) is 1.02. The second kappa shape index (κ2) is 4.92. The van der Waals surface area contributed by atoms with Crippen molar-refractivity contribution in [1.29, 1.82) is 0 Å². The molecule has 3 heterocycles. The first-order chi connectivity index (χ1) is 8.33. The maximum absolute atomic E-state index is 12.3. The number of carbonyl (C=O) groups is 1. The minimum absolute atomic E-state index is 0.125. The predicted octanol–water partition coefficient (Wildman–Crippen LogP) is -0.672. The maximum Gasteiger partial charge on any atom is 0.242 e. The van der Waals surface area contributed by atoms with E-state index in [0.29, 0.717) is 18.7 Å². The van der Waals surface area contributed by atoms with Gasteiger partial charge in [0.25, 0.3) is 0 Å². The SMILES string of the molecule is O=C(C1COCCN1)N1CCC2CCC(C1)N2. The molecule has 0 aliphatic carbocycles. The van der Waals surface area contributed by atoms with Crippen LogP contribution in [0.5, 0.6) is 0 Å². The van der Waals surface area contributed by atoms with E-state index in [1.54, 1.807) is 0 Å². The zero-order valence-electron chi connectivity index (χ0n) is 10.2. The highest BCUT2D eigenvalue weighted by molar-refractivity contribution is 5.82. The number of nitrogens with zero attached hydrogens (tertiary/aromatic N) is 1. The van der Waals surface area contributed by atoms with E-state index in [-0.39, 0.29) is 11.9 Å². The van der Waals surface area contributed by atoms with Gasteiger partial charge in [-0.05, 0) is 19.3 Å². The number of nitrogens with one attached hydrogen (secondary N) is 2. The molecule has 1 amide bonds. The third-order valence-corrected chi connectivity index (χ3v) is 4.05. The van der Waals surface area contributed by atoms with Crippen LogP contribution in [0.2, 0.25) is 0 Å². The minimum atomic E-state index is -0.125. The number of ether oxygens (including phenoxy) is 1. The number of hydrogen-bond donors (Lipinski definition) is 2. The van der Waals surface area contributed by atoms with Gasteiger partial charge in [-0.1, -0.05) is 0 Å². The van der Waals surface area contributed by atoms with E-state index < -0.39 is 0 Å². The normalized spacial score (nSPS) is 37.9. The van der Waals surface area contributed by atoms with E-state index in [1.165, 1.54) is 12.8 Å². The molecular weight excluding hydrogens is 218 g/mol. The molecule has 5 nitrogen and oxygen atoms in total. The fourth-order valence-electron chi connectivity index (χ4n) is 3.09. The topological polar surface area (TPSA) is 53.6 Å². The zero-order valence-corrected chi connectivity index (χ0v) is 10.2. The lowest BCUT2D eigenvalue weighted by atomic mass is 10.1. The summed E-state index contributed by atoms with van der Waals surface area (Å²) in [5, 5.41) is 6.84. The summed E-state index contributed by atoms with van der Waals surface area (Å²) in [4.78, 5) is 14.4. The van der Waals surface area contributed by atoms with Crippen molar-refractivity contribution in [2.75, 3.05) is 32.8 Å². The van der Waals surface area contributed by atoms with Gasteiger partial charge in [0.1, 0.15) is 6.04 Å². The average Bonchev–Trinajstić information content (AvgIpc) is 2.69. The van der Waals surface area contributed by atoms with E-state index in [1.807, 2.05) is 4.90 Å². The van der Waals surface area contributed by atoms with E-state index >= 15 is 0 Å². The van der Waals surface area contributed by atoms with Crippen LogP contribution in [0.3, 0.4) is 0 Å². The summed E-state index contributed by atoms with van der Waals surface area (Å²) in [6.45, 7) is 3.79. The first-order valence-corrected chi connectivity index (χ1v) is 6.69. The first kappa shape index (κ1) is 11.4. The molecule has 3 aliphatic rings. The second-order valence-corrected chi connectivity index (χ2v) is 5.29. The molecule has 96 valence electrons. The number of carbonyl (C=O) groups excluding carboxylic acids is 1. The zero-order chi connectivity index (χ0) is 11.7. The second-order valence-electron chi connectivity index (χ2n) is 5.29. The molecular formula is C12H21N3O2. The Balaban J connectivity index is 1.61. The Bertz CT molecular complexity index is 291. The van der Waals surface area contributed by atoms with E-state index in [0.717, 1.165) is 32.7 Å². The average molecular weight is 239 g/mol. The Morgan fingerprint density at radius 3 is 2.94 bits per heavy atom. The number of rotatable bonds is 1. The summed E-state index contributed by atoms with van der Waals surface area (Å²) in [5.74, 6) is 0.221. The van der Waals surface area contributed by atoms with Crippen molar-refractivity contribution in [2.24, 2.45) is 0 Å². The van der Waals surface area contributed by atoms with Gasteiger partial charge >= 0.3 is 0 Å². The number of hydrogen-bond acceptors (Lipinski definition) is 4. The molecule has 3 unspecified atom stereocenters. The van der Waals surface area contributed by atoms with Crippen LogP contribution in [-0.4, -0.2) is 61.8 Å². The first-order valence-electron chi connectivity index (χ1n) is 6.69. The van der Waals surface area contributed by atoms with Gasteiger partial charge in [-0.25, -0.2) is 0 Å². The minimum Gasteiger partial charge on any atom is -0.378 e. The van der Waals surface area contributed by atoms with Gasteiger partial charge in [0.05, 0.1) is 13.2 Å². The monoisotopic (exact) mass is 239 g/mol. The Kier molecular flexibility index (Phi) is 3.31. The Morgan fingerprint density at radius 1 is 1.24 bits per heavy atom. The molecule has 0 spiro atoms. The lowest BCUT2D eigenvalue weighted by Crippen LogP contribution is -2.54. The lowest BCUT2D eigenvalue weighted by Gasteiger charge is -2.30. The van der Waals surface area contributed by atoms with Crippen molar-refractivity contribution in [3.63, 3.8) is 0 Å². The Hall–Kier alpha value is -0.650. The van der Waals surface area contributed by atoms with E-state index in [2.05, 4.69) is 10.6 Å². The summed E-state index contributed by atoms with van der Waals surface area (Å²) in [5.41, 5.74) is 0. The molecule has 3 rings (SSSR count). The Morgan fingerprint density at radius 2 is 2.12 bits per heavy atom. The number of morpholine rings is 1. The molecule has 0 aromatic heterocycles. The molecule has 2 bridgehead atoms. The molecule has 5 heteroatoms. The van der Waals surface area contributed by atoms with Gasteiger partial charge in [0, 0.05) is 31.7 Å². The van der Waals surface area contributed by atoms with Gasteiger partial charge in [0.15, 0.2) is 0 Å². The van der Waals surface area contributed by atoms with Gasteiger partial charge in [0.2, 0.25) is 5.91 Å². The predicted molar refractivity (Wildman–Crippen MR) is 63.8 cm³/mol. The van der Waals surface area contributed by atoms with Crippen LogP contribution in [0, 0.1) is 0 Å². The standard InChI is InChI=1S/C12H21N3O2/c16-12(11-8-17-6-4-13-11)15-5-3-9-1-2-10(7-15)14-9/h9-11,13-14H,1-8H2. The van der Waals surface area contributed by atoms with Crippen LogP contribution in [0.4, 0.5) is 0 Å². The summed E-state index contributed by atoms with van der Waals surface area (Å²) in [6.07, 6.45) is 3.58. The molecule has 0 saturated carbocycles. The number of fused-ring (bicyclic) bond motifs is 2. The smallest absolute Gasteiger partial charge is 0.242 e. The summed E-state index contributed by atoms with van der Waals surface area (Å²) >= 11 is 0. The molecule has 0 radical (unpaired) electrons. The summed E-state index contributed by atoms with van der Waals surface area (Å²) < 4.78 is 5.36. The molecule has 0 aromatic carbocycles. The van der Waals surface area contributed by atoms with Gasteiger partial charge in [-0.2, -0.15) is 0 Å². The molecule has 3 atom stereocenters. The van der Waals surface area contributed by atoms with E-state index in [4.69, 9.17) is 4.74 Å². The molecule has 2 N–H and O–H groups in total. The van der Waals surface area contributed by atoms with Crippen LogP contribution in [0.1, 0.15) is 19.3 Å². The third-order valence-electron chi connectivity index (χ3n) is 4.05. The van der Waals surface area contributed by atoms with Crippen LogP contribution < -0.4 is 10.6 Å². The highest BCUT2D eigenvalue weighted by atomic mass is 16.5. The fourth-order valence-corrected chi connectivity index (χ4v) is 3.09. The van der Waals surface area contributed by atoms with Crippen molar-refractivity contribution in [3.05, 3.63) is 0 Å². The molecule has 0 aromatic rings. The van der Waals surface area contributed by atoms with Crippen LogP contribution in [0.25, 0.3) is 0 Å². The van der Waals surface area contributed by atoms with Crippen molar-refractivity contribution < 1.29 is 9.53 Å². The number of amides is 1.